The SMILES string of the molecule is CCNC1CCN(CCc2nccn2C)C1=O. The number of carbonyl (C=O) groups excluding carboxylic acids is 1. The zero-order chi connectivity index (χ0) is 12.3. The summed E-state index contributed by atoms with van der Waals surface area (Å²) in [5.74, 6) is 1.27. The van der Waals surface area contributed by atoms with Crippen LogP contribution in [0.25, 0.3) is 0 Å². The van der Waals surface area contributed by atoms with Crippen LogP contribution >= 0.6 is 0 Å². The van der Waals surface area contributed by atoms with Crippen LogP contribution in [-0.2, 0) is 18.3 Å². The standard InChI is InChI=1S/C12H20N4O/c1-3-13-10-4-7-16(12(10)17)8-5-11-14-6-9-15(11)2/h6,9-10,13H,3-5,7-8H2,1-2H3. The Morgan fingerprint density at radius 3 is 3.06 bits per heavy atom. The lowest BCUT2D eigenvalue weighted by Crippen LogP contribution is -2.38. The highest BCUT2D eigenvalue weighted by Crippen LogP contribution is 2.11. The van der Waals surface area contributed by atoms with Gasteiger partial charge in [-0.05, 0) is 13.0 Å². The van der Waals surface area contributed by atoms with Crippen molar-refractivity contribution in [2.24, 2.45) is 7.05 Å². The maximum absolute atomic E-state index is 12.0. The van der Waals surface area contributed by atoms with Gasteiger partial charge in [0.1, 0.15) is 5.82 Å². The van der Waals surface area contributed by atoms with Crippen molar-refractivity contribution >= 4 is 5.91 Å². The number of carbonyl (C=O) groups is 1. The minimum Gasteiger partial charge on any atom is -0.341 e. The summed E-state index contributed by atoms with van der Waals surface area (Å²) >= 11 is 0. The zero-order valence-corrected chi connectivity index (χ0v) is 10.5. The average Bonchev–Trinajstić information content (AvgIpc) is 2.86. The quantitative estimate of drug-likeness (QED) is 0.793. The van der Waals surface area contributed by atoms with Crippen LogP contribution in [0.5, 0.6) is 0 Å². The first-order chi connectivity index (χ1) is 8.22. The summed E-state index contributed by atoms with van der Waals surface area (Å²) in [7, 11) is 1.98. The summed E-state index contributed by atoms with van der Waals surface area (Å²) < 4.78 is 2.00. The zero-order valence-electron chi connectivity index (χ0n) is 10.5. The van der Waals surface area contributed by atoms with Crippen molar-refractivity contribution < 1.29 is 4.79 Å². The molecule has 1 aliphatic heterocycles. The molecule has 0 radical (unpaired) electrons. The van der Waals surface area contributed by atoms with Gasteiger partial charge < -0.3 is 14.8 Å². The van der Waals surface area contributed by atoms with Crippen LogP contribution in [0, 0.1) is 0 Å². The normalized spacial score (nSPS) is 20.2. The predicted molar refractivity (Wildman–Crippen MR) is 65.6 cm³/mol. The molecule has 0 aromatic carbocycles. The third-order valence-electron chi connectivity index (χ3n) is 3.27. The fourth-order valence-electron chi connectivity index (χ4n) is 2.27. The largest absolute Gasteiger partial charge is 0.341 e. The molecule has 1 aromatic rings. The van der Waals surface area contributed by atoms with Gasteiger partial charge in [-0.15, -0.1) is 0 Å². The van der Waals surface area contributed by atoms with Gasteiger partial charge in [-0.2, -0.15) is 0 Å². The number of nitrogens with zero attached hydrogens (tertiary/aromatic N) is 3. The van der Waals surface area contributed by atoms with E-state index in [2.05, 4.69) is 10.3 Å². The minimum absolute atomic E-state index is 0.0290. The Labute approximate surface area is 102 Å². The van der Waals surface area contributed by atoms with E-state index in [1.165, 1.54) is 0 Å². The second-order valence-electron chi connectivity index (χ2n) is 4.43. The number of likely N-dealkylation sites (N-methyl/N-ethyl adjacent to an activating group) is 1. The molecule has 0 saturated carbocycles. The number of aryl methyl sites for hydroxylation is 1. The van der Waals surface area contributed by atoms with Crippen LogP contribution in [0.4, 0.5) is 0 Å². The van der Waals surface area contributed by atoms with Crippen LogP contribution < -0.4 is 5.32 Å². The molecule has 1 amide bonds. The number of amides is 1. The van der Waals surface area contributed by atoms with Gasteiger partial charge in [0.05, 0.1) is 6.04 Å². The van der Waals surface area contributed by atoms with E-state index in [1.807, 2.05) is 29.6 Å². The Balaban J connectivity index is 1.85. The molecule has 2 heterocycles. The first-order valence-electron chi connectivity index (χ1n) is 6.20. The van der Waals surface area contributed by atoms with Crippen LogP contribution in [0.1, 0.15) is 19.2 Å². The summed E-state index contributed by atoms with van der Waals surface area (Å²) in [5, 5.41) is 3.22. The third-order valence-corrected chi connectivity index (χ3v) is 3.27. The van der Waals surface area contributed by atoms with Crippen molar-refractivity contribution in [3.05, 3.63) is 18.2 Å². The van der Waals surface area contributed by atoms with Gasteiger partial charge in [0, 0.05) is 39.0 Å². The number of aromatic nitrogens is 2. The molecule has 0 spiro atoms. The summed E-state index contributed by atoms with van der Waals surface area (Å²) in [6, 6.07) is 0.0290. The Kier molecular flexibility index (Phi) is 3.78. The summed E-state index contributed by atoms with van der Waals surface area (Å²) in [6.07, 6.45) is 5.48. The molecule has 17 heavy (non-hydrogen) atoms. The molecule has 1 N–H and O–H groups in total. The first kappa shape index (κ1) is 12.1. The molecule has 1 aliphatic rings. The highest BCUT2D eigenvalue weighted by atomic mass is 16.2. The number of hydrogen-bond acceptors (Lipinski definition) is 3. The summed E-state index contributed by atoms with van der Waals surface area (Å²) in [4.78, 5) is 18.2. The topological polar surface area (TPSA) is 50.2 Å². The molecule has 1 atom stereocenters. The molecule has 1 fully saturated rings. The first-order valence-corrected chi connectivity index (χ1v) is 6.20. The highest BCUT2D eigenvalue weighted by molar-refractivity contribution is 5.83. The number of rotatable bonds is 5. The monoisotopic (exact) mass is 236 g/mol. The van der Waals surface area contributed by atoms with Gasteiger partial charge in [0.2, 0.25) is 5.91 Å². The summed E-state index contributed by atoms with van der Waals surface area (Å²) in [6.45, 7) is 4.51. The molecule has 1 unspecified atom stereocenters. The summed E-state index contributed by atoms with van der Waals surface area (Å²) in [5.41, 5.74) is 0. The molecular formula is C12H20N4O. The van der Waals surface area contributed by atoms with Gasteiger partial charge in [-0.3, -0.25) is 4.79 Å². The maximum Gasteiger partial charge on any atom is 0.239 e. The van der Waals surface area contributed by atoms with Crippen molar-refractivity contribution in [1.82, 2.24) is 19.8 Å². The predicted octanol–water partition coefficient (Wildman–Crippen LogP) is 0.173. The van der Waals surface area contributed by atoms with E-state index in [-0.39, 0.29) is 11.9 Å². The van der Waals surface area contributed by atoms with Gasteiger partial charge in [0.25, 0.3) is 0 Å². The van der Waals surface area contributed by atoms with Gasteiger partial charge in [-0.1, -0.05) is 6.92 Å². The lowest BCUT2D eigenvalue weighted by molar-refractivity contribution is -0.129. The smallest absolute Gasteiger partial charge is 0.239 e. The van der Waals surface area contributed by atoms with Crippen molar-refractivity contribution in [1.29, 1.82) is 0 Å². The van der Waals surface area contributed by atoms with E-state index in [0.29, 0.717) is 0 Å². The van der Waals surface area contributed by atoms with Gasteiger partial charge >= 0.3 is 0 Å². The van der Waals surface area contributed by atoms with Crippen LogP contribution in [0.3, 0.4) is 0 Å². The van der Waals surface area contributed by atoms with E-state index in [1.54, 1.807) is 6.20 Å². The molecule has 5 heteroatoms. The molecule has 5 nitrogen and oxygen atoms in total. The molecule has 1 aromatic heterocycles. The van der Waals surface area contributed by atoms with E-state index in [9.17, 15) is 4.79 Å². The second kappa shape index (κ2) is 5.31. The van der Waals surface area contributed by atoms with Crippen molar-refractivity contribution in [2.45, 2.75) is 25.8 Å². The fourth-order valence-corrected chi connectivity index (χ4v) is 2.27. The number of hydrogen-bond donors (Lipinski definition) is 1. The molecule has 1 saturated heterocycles. The molecule has 0 aliphatic carbocycles. The van der Waals surface area contributed by atoms with Crippen molar-refractivity contribution in [3.8, 4) is 0 Å². The second-order valence-corrected chi connectivity index (χ2v) is 4.43. The van der Waals surface area contributed by atoms with Crippen LogP contribution in [0.15, 0.2) is 12.4 Å². The minimum atomic E-state index is 0.0290. The fraction of sp³-hybridized carbons (Fsp3) is 0.667. The highest BCUT2D eigenvalue weighted by Gasteiger charge is 2.30. The molecule has 0 bridgehead atoms. The Morgan fingerprint density at radius 2 is 2.41 bits per heavy atom. The lowest BCUT2D eigenvalue weighted by Gasteiger charge is -2.16. The number of nitrogens with one attached hydrogen (secondary N) is 1. The number of imidazole rings is 1. The lowest BCUT2D eigenvalue weighted by atomic mass is 10.2. The Hall–Kier alpha value is -1.36. The van der Waals surface area contributed by atoms with Gasteiger partial charge in [0.15, 0.2) is 0 Å². The number of likely N-dealkylation sites (tertiary alicyclic amines) is 1. The molecular weight excluding hydrogens is 216 g/mol. The van der Waals surface area contributed by atoms with Crippen LogP contribution in [0.2, 0.25) is 0 Å². The maximum atomic E-state index is 12.0. The van der Waals surface area contributed by atoms with Crippen molar-refractivity contribution in [3.63, 3.8) is 0 Å². The van der Waals surface area contributed by atoms with E-state index >= 15 is 0 Å². The van der Waals surface area contributed by atoms with E-state index in [4.69, 9.17) is 0 Å². The van der Waals surface area contributed by atoms with Gasteiger partial charge in [-0.25, -0.2) is 4.98 Å². The Bertz CT molecular complexity index is 388. The molecule has 94 valence electrons. The van der Waals surface area contributed by atoms with E-state index < -0.39 is 0 Å². The average molecular weight is 236 g/mol. The third kappa shape index (κ3) is 2.66. The van der Waals surface area contributed by atoms with E-state index in [0.717, 1.165) is 38.3 Å². The Morgan fingerprint density at radius 1 is 1.59 bits per heavy atom. The van der Waals surface area contributed by atoms with Crippen LogP contribution in [-0.4, -0.2) is 46.0 Å². The van der Waals surface area contributed by atoms with Crippen molar-refractivity contribution in [2.75, 3.05) is 19.6 Å². The molecule has 2 rings (SSSR count).